The van der Waals surface area contributed by atoms with Crippen LogP contribution >= 0.6 is 0 Å². The van der Waals surface area contributed by atoms with Crippen molar-refractivity contribution in [2.45, 2.75) is 5.60 Å². The Morgan fingerprint density at radius 3 is 2.53 bits per heavy atom. The first kappa shape index (κ1) is 11.6. The van der Waals surface area contributed by atoms with Gasteiger partial charge in [0.25, 0.3) is 0 Å². The molecule has 0 bridgehead atoms. The highest BCUT2D eigenvalue weighted by molar-refractivity contribution is 5.80. The third kappa shape index (κ3) is 1.42. The van der Waals surface area contributed by atoms with Gasteiger partial charge in [-0.2, -0.15) is 0 Å². The number of phenolic OH excluding ortho intramolecular Hbond substituents is 2. The van der Waals surface area contributed by atoms with Crippen molar-refractivity contribution < 1.29 is 24.9 Å². The lowest BCUT2D eigenvalue weighted by molar-refractivity contribution is -0.121. The smallest absolute Gasteiger partial charge is 0.181 e. The van der Waals surface area contributed by atoms with E-state index in [1.807, 2.05) is 0 Å². The number of aromatic hydroxyl groups is 2. The molecule has 1 unspecified atom stereocenters. The summed E-state index contributed by atoms with van der Waals surface area (Å²) in [6.07, 6.45) is 0.312. The number of ether oxygens (including phenoxy) is 1. The van der Waals surface area contributed by atoms with E-state index >= 15 is 0 Å². The molecule has 0 aromatic heterocycles. The van der Waals surface area contributed by atoms with Gasteiger partial charge in [-0.1, -0.05) is 18.2 Å². The summed E-state index contributed by atoms with van der Waals surface area (Å²) < 4.78 is 5.52. The molecule has 0 amide bonds. The van der Waals surface area contributed by atoms with Gasteiger partial charge in [-0.15, -0.1) is 0 Å². The van der Waals surface area contributed by atoms with Gasteiger partial charge in [-0.25, -0.2) is 0 Å². The van der Waals surface area contributed by atoms with Crippen molar-refractivity contribution in [3.8, 4) is 23.0 Å². The van der Waals surface area contributed by atoms with Gasteiger partial charge in [0.05, 0.1) is 5.56 Å². The molecule has 1 heterocycles. The maximum absolute atomic E-state index is 11.4. The third-order valence-electron chi connectivity index (χ3n) is 3.19. The average molecular weight is 258 g/mol. The SMILES string of the molecule is O=CC1(O)c2ccccc2Oc2ccc(O)c(O)c21. The highest BCUT2D eigenvalue weighted by Gasteiger charge is 2.43. The number of benzene rings is 2. The van der Waals surface area contributed by atoms with Crippen molar-refractivity contribution in [2.75, 3.05) is 0 Å². The summed E-state index contributed by atoms with van der Waals surface area (Å²) in [5, 5.41) is 30.0. The molecule has 0 radical (unpaired) electrons. The average Bonchev–Trinajstić information content (AvgIpc) is 2.43. The maximum atomic E-state index is 11.4. The van der Waals surface area contributed by atoms with E-state index in [1.165, 1.54) is 18.2 Å². The number of carbonyl (C=O) groups excluding carboxylic acids is 1. The quantitative estimate of drug-likeness (QED) is 0.534. The number of aliphatic hydroxyl groups is 1. The van der Waals surface area contributed by atoms with Crippen LogP contribution in [-0.2, 0) is 10.4 Å². The van der Waals surface area contributed by atoms with E-state index < -0.39 is 17.1 Å². The first-order chi connectivity index (χ1) is 9.08. The molecule has 5 heteroatoms. The van der Waals surface area contributed by atoms with Crippen molar-refractivity contribution in [1.29, 1.82) is 0 Å². The Morgan fingerprint density at radius 1 is 1.05 bits per heavy atom. The number of phenols is 2. The number of rotatable bonds is 1. The molecule has 96 valence electrons. The van der Waals surface area contributed by atoms with Crippen LogP contribution < -0.4 is 4.74 Å². The Kier molecular flexibility index (Phi) is 2.27. The minimum atomic E-state index is -2.05. The van der Waals surface area contributed by atoms with E-state index in [1.54, 1.807) is 18.2 Å². The zero-order valence-electron chi connectivity index (χ0n) is 9.70. The molecule has 0 aliphatic carbocycles. The predicted octanol–water partition coefficient (Wildman–Crippen LogP) is 1.64. The van der Waals surface area contributed by atoms with Gasteiger partial charge >= 0.3 is 0 Å². The Hall–Kier alpha value is -2.53. The molecule has 2 aromatic carbocycles. The molecule has 3 rings (SSSR count). The minimum Gasteiger partial charge on any atom is -0.504 e. The van der Waals surface area contributed by atoms with Gasteiger partial charge in [0, 0.05) is 5.56 Å². The number of carbonyl (C=O) groups is 1. The Balaban J connectivity index is 2.37. The van der Waals surface area contributed by atoms with E-state index in [4.69, 9.17) is 4.74 Å². The zero-order valence-corrected chi connectivity index (χ0v) is 9.70. The molecule has 0 fully saturated rings. The van der Waals surface area contributed by atoms with E-state index in [0.717, 1.165) is 0 Å². The lowest BCUT2D eigenvalue weighted by Gasteiger charge is -2.32. The predicted molar refractivity (Wildman–Crippen MR) is 65.4 cm³/mol. The lowest BCUT2D eigenvalue weighted by Crippen LogP contribution is -2.32. The molecule has 19 heavy (non-hydrogen) atoms. The molecule has 2 aromatic rings. The topological polar surface area (TPSA) is 87.0 Å². The van der Waals surface area contributed by atoms with Crippen molar-refractivity contribution in [2.24, 2.45) is 0 Å². The molecule has 1 aliphatic heterocycles. The number of aldehydes is 1. The lowest BCUT2D eigenvalue weighted by atomic mass is 9.84. The summed E-state index contributed by atoms with van der Waals surface area (Å²) >= 11 is 0. The van der Waals surface area contributed by atoms with Crippen molar-refractivity contribution in [1.82, 2.24) is 0 Å². The monoisotopic (exact) mass is 258 g/mol. The van der Waals surface area contributed by atoms with Crippen LogP contribution in [0.2, 0.25) is 0 Å². The largest absolute Gasteiger partial charge is 0.504 e. The van der Waals surface area contributed by atoms with Gasteiger partial charge in [0.1, 0.15) is 11.5 Å². The van der Waals surface area contributed by atoms with Crippen LogP contribution in [0.15, 0.2) is 36.4 Å². The second kappa shape index (κ2) is 3.73. The molecule has 0 saturated carbocycles. The summed E-state index contributed by atoms with van der Waals surface area (Å²) in [7, 11) is 0. The van der Waals surface area contributed by atoms with E-state index in [-0.39, 0.29) is 16.9 Å². The van der Waals surface area contributed by atoms with Crippen LogP contribution in [-0.4, -0.2) is 21.6 Å². The third-order valence-corrected chi connectivity index (χ3v) is 3.19. The van der Waals surface area contributed by atoms with Gasteiger partial charge in [-0.05, 0) is 18.2 Å². The summed E-state index contributed by atoms with van der Waals surface area (Å²) in [5.74, 6) is -0.540. The van der Waals surface area contributed by atoms with Crippen LogP contribution in [0.1, 0.15) is 11.1 Å². The fourth-order valence-corrected chi connectivity index (χ4v) is 2.26. The number of hydrogen-bond donors (Lipinski definition) is 3. The van der Waals surface area contributed by atoms with Crippen LogP contribution in [0.4, 0.5) is 0 Å². The summed E-state index contributed by atoms with van der Waals surface area (Å²) in [6, 6.07) is 9.09. The van der Waals surface area contributed by atoms with Gasteiger partial charge < -0.3 is 20.1 Å². The fourth-order valence-electron chi connectivity index (χ4n) is 2.26. The molecule has 3 N–H and O–H groups in total. The number of para-hydroxylation sites is 1. The number of fused-ring (bicyclic) bond motifs is 2. The summed E-state index contributed by atoms with van der Waals surface area (Å²) in [6.45, 7) is 0. The molecule has 0 spiro atoms. The highest BCUT2D eigenvalue weighted by atomic mass is 16.5. The van der Waals surface area contributed by atoms with Crippen LogP contribution in [0.3, 0.4) is 0 Å². The van der Waals surface area contributed by atoms with Crippen molar-refractivity contribution in [3.05, 3.63) is 47.5 Å². The molecular formula is C14H10O5. The normalized spacial score (nSPS) is 20.1. The minimum absolute atomic E-state index is 0.128. The summed E-state index contributed by atoms with van der Waals surface area (Å²) in [5.41, 5.74) is -1.98. The molecule has 1 aliphatic rings. The first-order valence-corrected chi connectivity index (χ1v) is 5.59. The zero-order chi connectivity index (χ0) is 13.6. The molecular weight excluding hydrogens is 248 g/mol. The Bertz CT molecular complexity index is 680. The van der Waals surface area contributed by atoms with Gasteiger partial charge in [-0.3, -0.25) is 4.79 Å². The van der Waals surface area contributed by atoms with Crippen LogP contribution in [0.5, 0.6) is 23.0 Å². The Labute approximate surface area is 108 Å². The molecule has 5 nitrogen and oxygen atoms in total. The second-order valence-electron chi connectivity index (χ2n) is 4.29. The fraction of sp³-hybridized carbons (Fsp3) is 0.0714. The van der Waals surface area contributed by atoms with Crippen LogP contribution in [0, 0.1) is 0 Å². The van der Waals surface area contributed by atoms with Crippen molar-refractivity contribution in [3.63, 3.8) is 0 Å². The van der Waals surface area contributed by atoms with Crippen LogP contribution in [0.25, 0.3) is 0 Å². The maximum Gasteiger partial charge on any atom is 0.181 e. The second-order valence-corrected chi connectivity index (χ2v) is 4.29. The molecule has 0 saturated heterocycles. The van der Waals surface area contributed by atoms with Gasteiger partial charge in [0.2, 0.25) is 0 Å². The standard InChI is InChI=1S/C14H10O5/c15-7-14(18)8-3-1-2-4-10(8)19-11-6-5-9(16)13(17)12(11)14/h1-7,16-18H. The Morgan fingerprint density at radius 2 is 1.79 bits per heavy atom. The highest BCUT2D eigenvalue weighted by Crippen LogP contribution is 2.51. The van der Waals surface area contributed by atoms with Crippen molar-refractivity contribution >= 4 is 6.29 Å². The van der Waals surface area contributed by atoms with E-state index in [2.05, 4.69) is 0 Å². The first-order valence-electron chi connectivity index (χ1n) is 5.59. The van der Waals surface area contributed by atoms with E-state index in [9.17, 15) is 20.1 Å². The van der Waals surface area contributed by atoms with Gasteiger partial charge in [0.15, 0.2) is 23.4 Å². The van der Waals surface area contributed by atoms with E-state index in [0.29, 0.717) is 12.0 Å². The summed E-state index contributed by atoms with van der Waals surface area (Å²) in [4.78, 5) is 11.4. The molecule has 1 atom stereocenters. The number of hydrogen-bond acceptors (Lipinski definition) is 5.